The SMILES string of the molecule is C1CCOC1.CCOC1(OCC)C[C@H](C(=O)OC)[C@H]1C(=O)OC.CCOC1(OCC)C[C@H](COC)[C@H]1COC.COC[C@H]1CC(=O)[C@@H]1COC.IC(I)I.ICI.S.S.S.S. The summed E-state index contributed by atoms with van der Waals surface area (Å²) in [6, 6.07) is 0. The zero-order chi connectivity index (χ0) is 43.9. The minimum atomic E-state index is -1.06. The van der Waals surface area contributed by atoms with E-state index in [1.165, 1.54) is 29.5 Å². The van der Waals surface area contributed by atoms with E-state index in [1.54, 1.807) is 42.3 Å². The number of hydrogen-bond donors (Lipinski definition) is 0. The molecule has 0 unspecified atom stereocenters. The lowest BCUT2D eigenvalue weighted by Gasteiger charge is -2.53. The Labute approximate surface area is 463 Å². The van der Waals surface area contributed by atoms with Crippen LogP contribution < -0.4 is 0 Å². The fourth-order valence-electron chi connectivity index (χ4n) is 6.88. The number of Topliss-reactive ketones (excluding diaryl/α,β-unsaturated/α-hetero) is 1. The minimum absolute atomic E-state index is 0. The van der Waals surface area contributed by atoms with Crippen LogP contribution in [0.3, 0.4) is 0 Å². The molecule has 1 saturated heterocycles. The van der Waals surface area contributed by atoms with Crippen molar-refractivity contribution >= 4 is 185 Å². The van der Waals surface area contributed by atoms with Gasteiger partial charge in [-0.25, -0.2) is 0 Å². The van der Waals surface area contributed by atoms with Gasteiger partial charge in [0.05, 0.1) is 42.4 Å². The summed E-state index contributed by atoms with van der Waals surface area (Å²) in [6.07, 6.45) is 4.43. The van der Waals surface area contributed by atoms with Gasteiger partial charge in [0.2, 0.25) is 0 Å². The Kier molecular flexibility index (Phi) is 58.4. The molecule has 14 nitrogen and oxygen atoms in total. The summed E-state index contributed by atoms with van der Waals surface area (Å²) in [4.78, 5) is 34.4. The van der Waals surface area contributed by atoms with Gasteiger partial charge in [0.25, 0.3) is 0 Å². The number of alkyl halides is 5. The standard InChI is InChI=1S/C12H20O6.C12H24O4.C8H14O3.C4H8O.CHI3.CH2I2.4H2S/c1-5-17-12(18-6-2)7-8(10(13)15-3)9(12)11(14)16-4;1-5-15-12(16-6-2)7-10(8-13-3)11(12)9-14-4;1-10-4-6-3-8(9)7(6)5-11-2;1-2-4-5-3-1;2-1(3)4;2-1-3;;;;/h8-9H,5-7H2,1-4H3;10-11H,5-9H2,1-4H3;6-7H,3-5H2,1-2H3;1-4H2;1H;1H2;4*1H2/t8-,9-;10-,11-;6-,7-;;;;;;;/m011......./s1. The maximum atomic E-state index is 11.8. The van der Waals surface area contributed by atoms with Crippen LogP contribution in [-0.2, 0) is 66.5 Å². The predicted molar refractivity (Wildman–Crippen MR) is 304 cm³/mol. The number of esters is 2. The topological polar surface area (TPSA) is 153 Å². The summed E-state index contributed by atoms with van der Waals surface area (Å²) >= 11 is 11.5. The van der Waals surface area contributed by atoms with Crippen molar-refractivity contribution in [2.75, 3.05) is 111 Å². The number of carbonyl (C=O) groups is 3. The average Bonchev–Trinajstić information content (AvgIpc) is 3.76. The number of rotatable bonds is 18. The van der Waals surface area contributed by atoms with E-state index in [-0.39, 0.29) is 65.8 Å². The van der Waals surface area contributed by atoms with Crippen LogP contribution in [0.15, 0.2) is 0 Å². The van der Waals surface area contributed by atoms with E-state index in [0.29, 0.717) is 76.7 Å². The van der Waals surface area contributed by atoms with E-state index >= 15 is 0 Å². The third-order valence-corrected chi connectivity index (χ3v) is 9.30. The lowest BCUT2D eigenvalue weighted by Crippen LogP contribution is -2.63. The molecule has 61 heavy (non-hydrogen) atoms. The van der Waals surface area contributed by atoms with Gasteiger partial charge in [-0.05, 0) is 46.5 Å². The first kappa shape index (κ1) is 75.8. The number of carbonyl (C=O) groups excluding carboxylic acids is 3. The van der Waals surface area contributed by atoms with E-state index in [4.69, 9.17) is 47.4 Å². The van der Waals surface area contributed by atoms with Crippen molar-refractivity contribution < 1.29 is 66.5 Å². The Bertz CT molecular complexity index is 1030. The summed E-state index contributed by atoms with van der Waals surface area (Å²) in [5.74, 6) is -2.24. The molecule has 1 aliphatic heterocycles. The fourth-order valence-corrected chi connectivity index (χ4v) is 6.88. The highest BCUT2D eigenvalue weighted by molar-refractivity contribution is 14.3. The van der Waals surface area contributed by atoms with Gasteiger partial charge < -0.3 is 52.1 Å². The van der Waals surface area contributed by atoms with Gasteiger partial charge in [0.1, 0.15) is 11.6 Å². The first-order valence-corrected chi connectivity index (χ1v) is 25.8. The van der Waals surface area contributed by atoms with Gasteiger partial charge in [-0.2, -0.15) is 54.0 Å². The lowest BCUT2D eigenvalue weighted by molar-refractivity contribution is -0.338. The largest absolute Gasteiger partial charge is 0.469 e. The first-order chi connectivity index (χ1) is 27.2. The third-order valence-electron chi connectivity index (χ3n) is 9.30. The Morgan fingerprint density at radius 3 is 1.36 bits per heavy atom. The molecular formula is C38H77I5O14S4. The van der Waals surface area contributed by atoms with Gasteiger partial charge >= 0.3 is 11.9 Å². The Balaban J connectivity index is -0.000000161. The van der Waals surface area contributed by atoms with Crippen molar-refractivity contribution in [3.8, 4) is 0 Å². The molecule has 3 saturated carbocycles. The number of ketones is 1. The van der Waals surface area contributed by atoms with Crippen LogP contribution in [0.5, 0.6) is 0 Å². The monoisotopic (exact) mass is 1520 g/mol. The highest BCUT2D eigenvalue weighted by atomic mass is 127. The third kappa shape index (κ3) is 29.2. The number of halogens is 5. The van der Waals surface area contributed by atoms with E-state index in [9.17, 15) is 14.4 Å². The highest BCUT2D eigenvalue weighted by Gasteiger charge is 2.63. The van der Waals surface area contributed by atoms with Crippen molar-refractivity contribution in [1.82, 2.24) is 0 Å². The van der Waals surface area contributed by atoms with E-state index in [1.807, 2.05) is 13.8 Å². The molecule has 0 aromatic carbocycles. The summed E-state index contributed by atoms with van der Waals surface area (Å²) in [7, 11) is 9.29. The highest BCUT2D eigenvalue weighted by Crippen LogP contribution is 2.49. The molecule has 1 heterocycles. The smallest absolute Gasteiger partial charge is 0.315 e. The average molecular weight is 1520 g/mol. The van der Waals surface area contributed by atoms with Crippen molar-refractivity contribution in [3.05, 3.63) is 0 Å². The van der Waals surface area contributed by atoms with Crippen LogP contribution in [0.1, 0.15) is 59.8 Å². The lowest BCUT2D eigenvalue weighted by atomic mass is 9.67. The van der Waals surface area contributed by atoms with Crippen LogP contribution in [0.25, 0.3) is 0 Å². The summed E-state index contributed by atoms with van der Waals surface area (Å²) in [5, 5.41) is 0. The molecule has 4 fully saturated rings. The second kappa shape index (κ2) is 47.0. The molecule has 6 atom stereocenters. The zero-order valence-electron chi connectivity index (χ0n) is 37.5. The molecular weight excluding hydrogens is 1440 g/mol. The molecule has 372 valence electrons. The first-order valence-electron chi connectivity index (χ1n) is 19.1. The second-order valence-electron chi connectivity index (χ2n) is 12.8. The van der Waals surface area contributed by atoms with Crippen molar-refractivity contribution in [2.45, 2.75) is 71.3 Å². The number of ether oxygens (including phenoxy) is 11. The van der Waals surface area contributed by atoms with Gasteiger partial charge in [-0.15, -0.1) is 0 Å². The summed E-state index contributed by atoms with van der Waals surface area (Å²) in [6.45, 7) is 14.4. The van der Waals surface area contributed by atoms with Crippen LogP contribution in [-0.4, -0.2) is 140 Å². The van der Waals surface area contributed by atoms with Crippen LogP contribution in [0.2, 0.25) is 0 Å². The summed E-state index contributed by atoms with van der Waals surface area (Å²) < 4.78 is 59.3. The molecule has 0 aromatic rings. The number of hydrogen-bond acceptors (Lipinski definition) is 14. The molecule has 0 aromatic heterocycles. The predicted octanol–water partition coefficient (Wildman–Crippen LogP) is 8.54. The Morgan fingerprint density at radius 1 is 0.639 bits per heavy atom. The molecule has 4 rings (SSSR count). The van der Waals surface area contributed by atoms with Crippen LogP contribution in [0, 0.1) is 35.5 Å². The van der Waals surface area contributed by atoms with Gasteiger partial charge in [-0.3, -0.25) is 14.4 Å². The maximum Gasteiger partial charge on any atom is 0.315 e. The van der Waals surface area contributed by atoms with E-state index in [0.717, 1.165) is 26.2 Å². The molecule has 0 bridgehead atoms. The molecule has 0 N–H and O–H groups in total. The maximum absolute atomic E-state index is 11.8. The molecule has 23 heteroatoms. The Morgan fingerprint density at radius 2 is 1.03 bits per heavy atom. The van der Waals surface area contributed by atoms with E-state index < -0.39 is 35.3 Å². The second-order valence-corrected chi connectivity index (χ2v) is 28.1. The molecule has 4 aliphatic rings. The number of methoxy groups -OCH3 is 6. The van der Waals surface area contributed by atoms with Gasteiger partial charge in [-0.1, -0.05) is 113 Å². The van der Waals surface area contributed by atoms with Gasteiger partial charge in [0, 0.05) is 112 Å². The molecule has 0 amide bonds. The van der Waals surface area contributed by atoms with Gasteiger partial charge in [0.15, 0.2) is 11.6 Å². The Hall–Kier alpha value is 3.30. The van der Waals surface area contributed by atoms with E-state index in [2.05, 4.69) is 118 Å². The normalized spacial score (nSPS) is 23.0. The van der Waals surface area contributed by atoms with Crippen LogP contribution >= 0.6 is 167 Å². The molecule has 3 aliphatic carbocycles. The molecule has 0 radical (unpaired) electrons. The fraction of sp³-hybridized carbons (Fsp3) is 0.921. The quantitative estimate of drug-likeness (QED) is 0.0558. The van der Waals surface area contributed by atoms with Crippen LogP contribution in [0.4, 0.5) is 0 Å². The summed E-state index contributed by atoms with van der Waals surface area (Å²) in [5.41, 5.74) is 0. The zero-order valence-corrected chi connectivity index (χ0v) is 52.2. The molecule has 0 spiro atoms. The van der Waals surface area contributed by atoms with Crippen molar-refractivity contribution in [2.24, 2.45) is 35.5 Å². The minimum Gasteiger partial charge on any atom is -0.469 e. The van der Waals surface area contributed by atoms with Crippen molar-refractivity contribution in [3.63, 3.8) is 0 Å². The van der Waals surface area contributed by atoms with Crippen molar-refractivity contribution in [1.29, 1.82) is 0 Å².